The average Bonchev–Trinajstić information content (AvgIpc) is 3.17. The van der Waals surface area contributed by atoms with Gasteiger partial charge in [-0.3, -0.25) is 9.59 Å². The Kier molecular flexibility index (Phi) is 5.13. The standard InChI is InChI=1S/C16H17ClN4O2S/c17-10-1-3-11(4-2-10)21-8-6-12(16(21)23)20-15(22)13-9-24-14(19-13)5-7-18/h1-4,9,12H,5-8,18H2,(H,20,22). The first kappa shape index (κ1) is 16.9. The van der Waals surface area contributed by atoms with E-state index in [1.807, 2.05) is 0 Å². The highest BCUT2D eigenvalue weighted by atomic mass is 35.5. The number of nitrogens with one attached hydrogen (secondary N) is 1. The molecule has 1 atom stereocenters. The van der Waals surface area contributed by atoms with Crippen LogP contribution >= 0.6 is 22.9 Å². The van der Waals surface area contributed by atoms with E-state index in [9.17, 15) is 9.59 Å². The van der Waals surface area contributed by atoms with Gasteiger partial charge in [0.2, 0.25) is 5.91 Å². The van der Waals surface area contributed by atoms with E-state index < -0.39 is 6.04 Å². The zero-order chi connectivity index (χ0) is 17.1. The largest absolute Gasteiger partial charge is 0.339 e. The van der Waals surface area contributed by atoms with Crippen LogP contribution in [0.15, 0.2) is 29.6 Å². The quantitative estimate of drug-likeness (QED) is 0.847. The summed E-state index contributed by atoms with van der Waals surface area (Å²) in [4.78, 5) is 30.7. The molecule has 2 heterocycles. The molecule has 6 nitrogen and oxygen atoms in total. The fourth-order valence-corrected chi connectivity index (χ4v) is 3.50. The fourth-order valence-electron chi connectivity index (χ4n) is 2.58. The number of anilines is 1. The van der Waals surface area contributed by atoms with E-state index in [1.165, 1.54) is 11.3 Å². The van der Waals surface area contributed by atoms with Crippen molar-refractivity contribution in [2.75, 3.05) is 18.0 Å². The Hall–Kier alpha value is -1.96. The van der Waals surface area contributed by atoms with Crippen LogP contribution in [0.25, 0.3) is 0 Å². The summed E-state index contributed by atoms with van der Waals surface area (Å²) < 4.78 is 0. The average molecular weight is 365 g/mol. The molecule has 1 aliphatic heterocycles. The molecule has 1 unspecified atom stereocenters. The number of nitrogens with zero attached hydrogens (tertiary/aromatic N) is 2. The zero-order valence-electron chi connectivity index (χ0n) is 12.9. The lowest BCUT2D eigenvalue weighted by molar-refractivity contribution is -0.118. The Morgan fingerprint density at radius 2 is 2.17 bits per heavy atom. The molecule has 8 heteroatoms. The third kappa shape index (κ3) is 3.58. The van der Waals surface area contributed by atoms with Crippen molar-refractivity contribution in [1.82, 2.24) is 10.3 Å². The lowest BCUT2D eigenvalue weighted by Gasteiger charge is -2.17. The minimum atomic E-state index is -0.534. The normalized spacial score (nSPS) is 17.3. The summed E-state index contributed by atoms with van der Waals surface area (Å²) >= 11 is 7.27. The molecular weight excluding hydrogens is 348 g/mol. The lowest BCUT2D eigenvalue weighted by Crippen LogP contribution is -2.41. The van der Waals surface area contributed by atoms with Crippen molar-refractivity contribution in [2.24, 2.45) is 5.73 Å². The van der Waals surface area contributed by atoms with Crippen molar-refractivity contribution in [1.29, 1.82) is 0 Å². The van der Waals surface area contributed by atoms with Gasteiger partial charge in [0.05, 0.1) is 5.01 Å². The molecule has 1 aromatic heterocycles. The van der Waals surface area contributed by atoms with Crippen molar-refractivity contribution in [3.63, 3.8) is 0 Å². The third-order valence-electron chi connectivity index (χ3n) is 3.79. The number of hydrogen-bond donors (Lipinski definition) is 2. The number of aromatic nitrogens is 1. The predicted octanol–water partition coefficient (Wildman–Crippen LogP) is 1.83. The van der Waals surface area contributed by atoms with Crippen LogP contribution in [-0.4, -0.2) is 35.9 Å². The maximum Gasteiger partial charge on any atom is 0.271 e. The van der Waals surface area contributed by atoms with Crippen LogP contribution in [0.3, 0.4) is 0 Å². The van der Waals surface area contributed by atoms with Gasteiger partial charge in [-0.15, -0.1) is 11.3 Å². The minimum absolute atomic E-state index is 0.122. The Balaban J connectivity index is 1.64. The summed E-state index contributed by atoms with van der Waals surface area (Å²) in [6.07, 6.45) is 1.21. The first-order valence-electron chi connectivity index (χ1n) is 7.61. The number of hydrogen-bond acceptors (Lipinski definition) is 5. The Morgan fingerprint density at radius 1 is 1.42 bits per heavy atom. The molecule has 24 heavy (non-hydrogen) atoms. The van der Waals surface area contributed by atoms with Crippen molar-refractivity contribution in [3.05, 3.63) is 45.4 Å². The van der Waals surface area contributed by atoms with Crippen LogP contribution in [0.4, 0.5) is 5.69 Å². The van der Waals surface area contributed by atoms with E-state index in [-0.39, 0.29) is 11.8 Å². The number of nitrogens with two attached hydrogens (primary N) is 1. The molecular formula is C16H17ClN4O2S. The smallest absolute Gasteiger partial charge is 0.271 e. The number of halogens is 1. The van der Waals surface area contributed by atoms with E-state index in [2.05, 4.69) is 10.3 Å². The summed E-state index contributed by atoms with van der Waals surface area (Å²) in [5.74, 6) is -0.450. The molecule has 0 saturated carbocycles. The van der Waals surface area contributed by atoms with Gasteiger partial charge < -0.3 is 16.0 Å². The van der Waals surface area contributed by atoms with Crippen LogP contribution in [0.2, 0.25) is 5.02 Å². The molecule has 0 spiro atoms. The van der Waals surface area contributed by atoms with Gasteiger partial charge in [0.25, 0.3) is 5.91 Å². The van der Waals surface area contributed by atoms with E-state index in [1.54, 1.807) is 34.5 Å². The van der Waals surface area contributed by atoms with Gasteiger partial charge >= 0.3 is 0 Å². The second-order valence-corrected chi connectivity index (χ2v) is 6.83. The molecule has 1 aromatic carbocycles. The number of benzene rings is 1. The number of carbonyl (C=O) groups excluding carboxylic acids is 2. The number of thiazole rings is 1. The summed E-state index contributed by atoms with van der Waals surface area (Å²) in [5, 5.41) is 5.90. The van der Waals surface area contributed by atoms with Crippen LogP contribution in [0.5, 0.6) is 0 Å². The molecule has 1 fully saturated rings. The van der Waals surface area contributed by atoms with Crippen molar-refractivity contribution in [2.45, 2.75) is 18.9 Å². The first-order valence-corrected chi connectivity index (χ1v) is 8.86. The minimum Gasteiger partial charge on any atom is -0.339 e. The predicted molar refractivity (Wildman–Crippen MR) is 94.5 cm³/mol. The molecule has 0 bridgehead atoms. The summed E-state index contributed by atoms with van der Waals surface area (Å²) in [6.45, 7) is 1.05. The Morgan fingerprint density at radius 3 is 2.88 bits per heavy atom. The van der Waals surface area contributed by atoms with Gasteiger partial charge in [-0.25, -0.2) is 4.98 Å². The van der Waals surface area contributed by atoms with Crippen molar-refractivity contribution < 1.29 is 9.59 Å². The second-order valence-electron chi connectivity index (χ2n) is 5.45. The molecule has 3 N–H and O–H groups in total. The van der Waals surface area contributed by atoms with Crippen LogP contribution < -0.4 is 16.0 Å². The zero-order valence-corrected chi connectivity index (χ0v) is 14.4. The molecule has 1 saturated heterocycles. The van der Waals surface area contributed by atoms with Gasteiger partial charge in [0.15, 0.2) is 0 Å². The summed E-state index contributed by atoms with van der Waals surface area (Å²) in [5.41, 5.74) is 6.60. The molecule has 126 valence electrons. The maximum atomic E-state index is 12.5. The summed E-state index contributed by atoms with van der Waals surface area (Å²) in [7, 11) is 0. The van der Waals surface area contributed by atoms with Crippen molar-refractivity contribution in [3.8, 4) is 0 Å². The Bertz CT molecular complexity index is 747. The number of rotatable bonds is 5. The SMILES string of the molecule is NCCc1nc(C(=O)NC2CCN(c3ccc(Cl)cc3)C2=O)cs1. The van der Waals surface area contributed by atoms with Crippen LogP contribution in [0, 0.1) is 0 Å². The van der Waals surface area contributed by atoms with Crippen LogP contribution in [0.1, 0.15) is 21.9 Å². The van der Waals surface area contributed by atoms with Gasteiger partial charge in [0.1, 0.15) is 11.7 Å². The van der Waals surface area contributed by atoms with Gasteiger partial charge in [-0.05, 0) is 37.2 Å². The molecule has 0 radical (unpaired) electrons. The van der Waals surface area contributed by atoms with E-state index in [4.69, 9.17) is 17.3 Å². The monoisotopic (exact) mass is 364 g/mol. The van der Waals surface area contributed by atoms with E-state index in [0.29, 0.717) is 36.6 Å². The number of amides is 2. The van der Waals surface area contributed by atoms with Gasteiger partial charge in [-0.2, -0.15) is 0 Å². The van der Waals surface area contributed by atoms with Gasteiger partial charge in [0, 0.05) is 29.1 Å². The molecule has 2 amide bonds. The first-order chi connectivity index (χ1) is 11.6. The second kappa shape index (κ2) is 7.29. The highest BCUT2D eigenvalue weighted by Crippen LogP contribution is 2.23. The Labute approximate surface area is 148 Å². The lowest BCUT2D eigenvalue weighted by atomic mass is 10.2. The third-order valence-corrected chi connectivity index (χ3v) is 4.95. The van der Waals surface area contributed by atoms with Gasteiger partial charge in [-0.1, -0.05) is 11.6 Å². The highest BCUT2D eigenvalue weighted by molar-refractivity contribution is 7.09. The fraction of sp³-hybridized carbons (Fsp3) is 0.312. The highest BCUT2D eigenvalue weighted by Gasteiger charge is 2.34. The molecule has 2 aromatic rings. The summed E-state index contributed by atoms with van der Waals surface area (Å²) in [6, 6.07) is 6.54. The van der Waals surface area contributed by atoms with Crippen molar-refractivity contribution >= 4 is 40.4 Å². The maximum absolute atomic E-state index is 12.5. The molecule has 0 aliphatic carbocycles. The van der Waals surface area contributed by atoms with E-state index >= 15 is 0 Å². The van der Waals surface area contributed by atoms with Crippen LogP contribution in [-0.2, 0) is 11.2 Å². The molecule has 1 aliphatic rings. The topological polar surface area (TPSA) is 88.3 Å². The number of carbonyl (C=O) groups is 2. The molecule has 3 rings (SSSR count). The van der Waals surface area contributed by atoms with E-state index in [0.717, 1.165) is 10.7 Å².